The first-order valence-corrected chi connectivity index (χ1v) is 6.72. The predicted octanol–water partition coefficient (Wildman–Crippen LogP) is 1.97. The number of rotatable bonds is 4. The molecule has 2 rings (SSSR count). The SMILES string of the molecule is CC1(NC(=O)CNC2CCCC2)CCCC1. The Hall–Kier alpha value is -0.570. The Kier molecular flexibility index (Phi) is 3.85. The van der Waals surface area contributed by atoms with Gasteiger partial charge in [-0.05, 0) is 32.6 Å². The van der Waals surface area contributed by atoms with Gasteiger partial charge < -0.3 is 10.6 Å². The average molecular weight is 224 g/mol. The topological polar surface area (TPSA) is 41.1 Å². The van der Waals surface area contributed by atoms with Crippen LogP contribution in [0.2, 0.25) is 0 Å². The fraction of sp³-hybridized carbons (Fsp3) is 0.923. The van der Waals surface area contributed by atoms with Gasteiger partial charge in [0.05, 0.1) is 6.54 Å². The highest BCUT2D eigenvalue weighted by Crippen LogP contribution is 2.28. The van der Waals surface area contributed by atoms with Crippen LogP contribution in [0.25, 0.3) is 0 Å². The molecule has 0 unspecified atom stereocenters. The fourth-order valence-electron chi connectivity index (χ4n) is 3.03. The number of carbonyl (C=O) groups excluding carboxylic acids is 1. The molecule has 0 saturated heterocycles. The van der Waals surface area contributed by atoms with Crippen molar-refractivity contribution in [3.8, 4) is 0 Å². The standard InChI is InChI=1S/C13H24N2O/c1-13(8-4-5-9-13)15-12(16)10-14-11-6-2-3-7-11/h11,14H,2-10H2,1H3,(H,15,16). The molecule has 2 fully saturated rings. The highest BCUT2D eigenvalue weighted by molar-refractivity contribution is 5.78. The Morgan fingerprint density at radius 2 is 1.81 bits per heavy atom. The van der Waals surface area contributed by atoms with Gasteiger partial charge in [0.25, 0.3) is 0 Å². The fourth-order valence-corrected chi connectivity index (χ4v) is 3.03. The Bertz CT molecular complexity index is 240. The molecule has 0 aromatic rings. The van der Waals surface area contributed by atoms with Gasteiger partial charge >= 0.3 is 0 Å². The van der Waals surface area contributed by atoms with Gasteiger partial charge in [-0.3, -0.25) is 4.79 Å². The zero-order chi connectivity index (χ0) is 11.4. The lowest BCUT2D eigenvalue weighted by Gasteiger charge is -2.25. The lowest BCUT2D eigenvalue weighted by atomic mass is 10.0. The molecule has 2 aliphatic rings. The minimum atomic E-state index is 0.0778. The van der Waals surface area contributed by atoms with E-state index in [1.54, 1.807) is 0 Å². The van der Waals surface area contributed by atoms with Crippen molar-refractivity contribution in [1.29, 1.82) is 0 Å². The molecule has 92 valence electrons. The van der Waals surface area contributed by atoms with Crippen LogP contribution in [0.15, 0.2) is 0 Å². The number of amides is 1. The van der Waals surface area contributed by atoms with Crippen LogP contribution in [-0.2, 0) is 4.79 Å². The summed E-state index contributed by atoms with van der Waals surface area (Å²) in [4.78, 5) is 11.8. The van der Waals surface area contributed by atoms with Gasteiger partial charge in [-0.1, -0.05) is 25.7 Å². The maximum atomic E-state index is 11.8. The summed E-state index contributed by atoms with van der Waals surface area (Å²) >= 11 is 0. The molecule has 1 amide bonds. The zero-order valence-electron chi connectivity index (χ0n) is 10.3. The average Bonchev–Trinajstić information content (AvgIpc) is 2.86. The van der Waals surface area contributed by atoms with E-state index < -0.39 is 0 Å². The Balaban J connectivity index is 1.67. The summed E-state index contributed by atoms with van der Waals surface area (Å²) in [6.07, 6.45) is 9.91. The maximum Gasteiger partial charge on any atom is 0.234 e. The summed E-state index contributed by atoms with van der Waals surface area (Å²) in [6, 6.07) is 0.585. The van der Waals surface area contributed by atoms with Crippen molar-refractivity contribution in [2.75, 3.05) is 6.54 Å². The van der Waals surface area contributed by atoms with Crippen molar-refractivity contribution in [3.63, 3.8) is 0 Å². The number of hydrogen-bond donors (Lipinski definition) is 2. The molecular weight excluding hydrogens is 200 g/mol. The van der Waals surface area contributed by atoms with Crippen molar-refractivity contribution >= 4 is 5.91 Å². The summed E-state index contributed by atoms with van der Waals surface area (Å²) in [5.74, 6) is 0.177. The zero-order valence-corrected chi connectivity index (χ0v) is 10.3. The van der Waals surface area contributed by atoms with Crippen LogP contribution >= 0.6 is 0 Å². The Morgan fingerprint density at radius 1 is 1.19 bits per heavy atom. The van der Waals surface area contributed by atoms with Crippen molar-refractivity contribution < 1.29 is 4.79 Å². The molecule has 0 atom stereocenters. The molecule has 0 heterocycles. The molecule has 0 spiro atoms. The van der Waals surface area contributed by atoms with E-state index in [0.717, 1.165) is 12.8 Å². The second-order valence-corrected chi connectivity index (χ2v) is 5.68. The van der Waals surface area contributed by atoms with E-state index in [1.807, 2.05) is 0 Å². The first-order valence-electron chi connectivity index (χ1n) is 6.72. The van der Waals surface area contributed by atoms with E-state index in [0.29, 0.717) is 12.6 Å². The van der Waals surface area contributed by atoms with Crippen LogP contribution in [0.4, 0.5) is 0 Å². The maximum absolute atomic E-state index is 11.8. The lowest BCUT2D eigenvalue weighted by Crippen LogP contribution is -2.48. The van der Waals surface area contributed by atoms with Gasteiger partial charge in [0.15, 0.2) is 0 Å². The van der Waals surface area contributed by atoms with Crippen LogP contribution in [0, 0.1) is 0 Å². The second-order valence-electron chi connectivity index (χ2n) is 5.68. The number of nitrogens with one attached hydrogen (secondary N) is 2. The Morgan fingerprint density at radius 3 is 2.44 bits per heavy atom. The van der Waals surface area contributed by atoms with Crippen LogP contribution in [-0.4, -0.2) is 24.0 Å². The van der Waals surface area contributed by atoms with Gasteiger partial charge in [-0.15, -0.1) is 0 Å². The number of carbonyl (C=O) groups is 1. The monoisotopic (exact) mass is 224 g/mol. The Labute approximate surface area is 98.4 Å². The third kappa shape index (κ3) is 3.21. The summed E-state index contributed by atoms with van der Waals surface area (Å²) < 4.78 is 0. The van der Waals surface area contributed by atoms with Gasteiger partial charge in [0.1, 0.15) is 0 Å². The summed E-state index contributed by atoms with van der Waals surface area (Å²) in [6.45, 7) is 2.67. The van der Waals surface area contributed by atoms with Crippen molar-refractivity contribution in [2.24, 2.45) is 0 Å². The largest absolute Gasteiger partial charge is 0.350 e. The van der Waals surface area contributed by atoms with Crippen molar-refractivity contribution in [2.45, 2.75) is 69.9 Å². The quantitative estimate of drug-likeness (QED) is 0.766. The molecule has 0 bridgehead atoms. The van der Waals surface area contributed by atoms with Crippen molar-refractivity contribution in [1.82, 2.24) is 10.6 Å². The number of hydrogen-bond acceptors (Lipinski definition) is 2. The minimum Gasteiger partial charge on any atom is -0.350 e. The molecule has 3 nitrogen and oxygen atoms in total. The molecule has 3 heteroatoms. The third-order valence-corrected chi connectivity index (χ3v) is 4.05. The molecule has 2 aliphatic carbocycles. The van der Waals surface area contributed by atoms with E-state index in [2.05, 4.69) is 17.6 Å². The molecular formula is C13H24N2O. The highest BCUT2D eigenvalue weighted by atomic mass is 16.2. The molecule has 2 saturated carbocycles. The van der Waals surface area contributed by atoms with Crippen molar-refractivity contribution in [3.05, 3.63) is 0 Å². The third-order valence-electron chi connectivity index (χ3n) is 4.05. The van der Waals surface area contributed by atoms with E-state index in [4.69, 9.17) is 0 Å². The summed E-state index contributed by atoms with van der Waals surface area (Å²) in [5, 5.41) is 6.54. The highest BCUT2D eigenvalue weighted by Gasteiger charge is 2.30. The lowest BCUT2D eigenvalue weighted by molar-refractivity contribution is -0.122. The summed E-state index contributed by atoms with van der Waals surface area (Å²) in [5.41, 5.74) is 0.0778. The molecule has 0 aliphatic heterocycles. The second kappa shape index (κ2) is 5.17. The molecule has 0 radical (unpaired) electrons. The minimum absolute atomic E-state index is 0.0778. The van der Waals surface area contributed by atoms with E-state index in [9.17, 15) is 4.79 Å². The molecule has 0 aromatic carbocycles. The van der Waals surface area contributed by atoms with Gasteiger partial charge in [0.2, 0.25) is 5.91 Å². The van der Waals surface area contributed by atoms with E-state index in [1.165, 1.54) is 38.5 Å². The van der Waals surface area contributed by atoms with Crippen LogP contribution in [0.3, 0.4) is 0 Å². The predicted molar refractivity (Wildman–Crippen MR) is 65.3 cm³/mol. The summed E-state index contributed by atoms with van der Waals surface area (Å²) in [7, 11) is 0. The molecule has 0 aromatic heterocycles. The van der Waals surface area contributed by atoms with E-state index in [-0.39, 0.29) is 11.4 Å². The normalized spacial score (nSPS) is 24.8. The van der Waals surface area contributed by atoms with Crippen LogP contribution < -0.4 is 10.6 Å². The molecule has 16 heavy (non-hydrogen) atoms. The van der Waals surface area contributed by atoms with Gasteiger partial charge in [0, 0.05) is 11.6 Å². The van der Waals surface area contributed by atoms with Crippen LogP contribution in [0.5, 0.6) is 0 Å². The first kappa shape index (κ1) is 11.9. The molecule has 2 N–H and O–H groups in total. The van der Waals surface area contributed by atoms with Gasteiger partial charge in [-0.2, -0.15) is 0 Å². The smallest absolute Gasteiger partial charge is 0.234 e. The van der Waals surface area contributed by atoms with Gasteiger partial charge in [-0.25, -0.2) is 0 Å². The van der Waals surface area contributed by atoms with E-state index >= 15 is 0 Å². The first-order chi connectivity index (χ1) is 7.68. The van der Waals surface area contributed by atoms with Crippen LogP contribution in [0.1, 0.15) is 58.3 Å².